The predicted octanol–water partition coefficient (Wildman–Crippen LogP) is 1.43. The van der Waals surface area contributed by atoms with Crippen molar-refractivity contribution in [2.24, 2.45) is 0 Å². The average molecular weight is 279 g/mol. The summed E-state index contributed by atoms with van der Waals surface area (Å²) in [7, 11) is 0. The summed E-state index contributed by atoms with van der Waals surface area (Å²) in [5, 5.41) is 10.8. The van der Waals surface area contributed by atoms with Crippen molar-refractivity contribution in [2.45, 2.75) is 26.1 Å². The van der Waals surface area contributed by atoms with E-state index < -0.39 is 4.92 Å². The molecule has 1 saturated heterocycles. The number of carbonyl (C=O) groups is 1. The molecule has 1 fully saturated rings. The molecular formula is C13H17N3O4. The number of hydrogen-bond acceptors (Lipinski definition) is 5. The summed E-state index contributed by atoms with van der Waals surface area (Å²) in [6, 6.07) is 3.90. The summed E-state index contributed by atoms with van der Waals surface area (Å²) in [6.07, 6.45) is -0.134. The van der Waals surface area contributed by atoms with E-state index in [-0.39, 0.29) is 35.1 Å². The van der Waals surface area contributed by atoms with Crippen LogP contribution in [0.15, 0.2) is 18.2 Å². The van der Waals surface area contributed by atoms with Gasteiger partial charge in [0.05, 0.1) is 22.7 Å². The minimum absolute atomic E-state index is 0.0670. The van der Waals surface area contributed by atoms with Gasteiger partial charge < -0.3 is 15.4 Å². The molecule has 1 amide bonds. The summed E-state index contributed by atoms with van der Waals surface area (Å²) in [5.41, 5.74) is 6.03. The van der Waals surface area contributed by atoms with Crippen LogP contribution in [-0.4, -0.2) is 41.0 Å². The van der Waals surface area contributed by atoms with E-state index in [2.05, 4.69) is 0 Å². The number of nitrogens with two attached hydrogens (primary N) is 1. The van der Waals surface area contributed by atoms with Gasteiger partial charge in [-0.05, 0) is 19.9 Å². The molecule has 2 atom stereocenters. The van der Waals surface area contributed by atoms with Gasteiger partial charge in [0.1, 0.15) is 0 Å². The van der Waals surface area contributed by atoms with Crippen LogP contribution in [0.25, 0.3) is 0 Å². The standard InChI is InChI=1S/C13H17N3O4/c1-8-6-15(7-9(2)20-8)13(17)11-5-10(16(18)19)3-4-12(11)14/h3-5,8-9H,6-7,14H2,1-2H3/t8-,9+. The molecule has 0 radical (unpaired) electrons. The fourth-order valence-corrected chi connectivity index (χ4v) is 2.36. The van der Waals surface area contributed by atoms with Gasteiger partial charge in [-0.25, -0.2) is 0 Å². The van der Waals surface area contributed by atoms with Crippen LogP contribution in [0.4, 0.5) is 11.4 Å². The van der Waals surface area contributed by atoms with E-state index in [4.69, 9.17) is 10.5 Å². The maximum Gasteiger partial charge on any atom is 0.270 e. The molecule has 20 heavy (non-hydrogen) atoms. The first-order valence-electron chi connectivity index (χ1n) is 6.37. The van der Waals surface area contributed by atoms with Gasteiger partial charge in [-0.1, -0.05) is 0 Å². The lowest BCUT2D eigenvalue weighted by Crippen LogP contribution is -2.48. The highest BCUT2D eigenvalue weighted by Crippen LogP contribution is 2.23. The molecular weight excluding hydrogens is 262 g/mol. The average Bonchev–Trinajstić information content (AvgIpc) is 2.37. The van der Waals surface area contributed by atoms with Crippen molar-refractivity contribution >= 4 is 17.3 Å². The smallest absolute Gasteiger partial charge is 0.270 e. The quantitative estimate of drug-likeness (QED) is 0.501. The molecule has 1 aliphatic heterocycles. The number of benzene rings is 1. The number of rotatable bonds is 2. The Morgan fingerprint density at radius 3 is 2.55 bits per heavy atom. The molecule has 108 valence electrons. The Balaban J connectivity index is 2.28. The van der Waals surface area contributed by atoms with Crippen LogP contribution in [0, 0.1) is 10.1 Å². The molecule has 7 nitrogen and oxygen atoms in total. The molecule has 0 aliphatic carbocycles. The monoisotopic (exact) mass is 279 g/mol. The van der Waals surface area contributed by atoms with Gasteiger partial charge in [-0.15, -0.1) is 0 Å². The van der Waals surface area contributed by atoms with Gasteiger partial charge in [-0.3, -0.25) is 14.9 Å². The Labute approximate surface area is 116 Å². The molecule has 1 aromatic carbocycles. The minimum atomic E-state index is -0.541. The molecule has 1 heterocycles. The zero-order chi connectivity index (χ0) is 14.9. The molecule has 2 rings (SSSR count). The summed E-state index contributed by atoms with van der Waals surface area (Å²) < 4.78 is 5.56. The number of hydrogen-bond donors (Lipinski definition) is 1. The number of nitro benzene ring substituents is 1. The summed E-state index contributed by atoms with van der Waals surface area (Å²) in [4.78, 5) is 24.3. The van der Waals surface area contributed by atoms with Crippen molar-refractivity contribution in [2.75, 3.05) is 18.8 Å². The number of non-ortho nitro benzene ring substituents is 1. The highest BCUT2D eigenvalue weighted by atomic mass is 16.6. The van der Waals surface area contributed by atoms with Crippen molar-refractivity contribution in [1.82, 2.24) is 4.90 Å². The second-order valence-electron chi connectivity index (χ2n) is 5.00. The van der Waals surface area contributed by atoms with Crippen molar-refractivity contribution in [1.29, 1.82) is 0 Å². The summed E-state index contributed by atoms with van der Waals surface area (Å²) >= 11 is 0. The lowest BCUT2D eigenvalue weighted by Gasteiger charge is -2.35. The van der Waals surface area contributed by atoms with Crippen LogP contribution < -0.4 is 5.73 Å². The Bertz CT molecular complexity index is 536. The Hall–Kier alpha value is -2.15. The number of nitrogens with zero attached hydrogens (tertiary/aromatic N) is 2. The van der Waals surface area contributed by atoms with E-state index >= 15 is 0 Å². The first-order chi connectivity index (χ1) is 9.38. The zero-order valence-corrected chi connectivity index (χ0v) is 11.4. The van der Waals surface area contributed by atoms with Crippen LogP contribution in [0.5, 0.6) is 0 Å². The number of morpholine rings is 1. The van der Waals surface area contributed by atoms with Crippen LogP contribution in [0.2, 0.25) is 0 Å². The third-order valence-electron chi connectivity index (χ3n) is 3.18. The number of carbonyl (C=O) groups excluding carboxylic acids is 1. The van der Waals surface area contributed by atoms with Crippen molar-refractivity contribution < 1.29 is 14.5 Å². The SMILES string of the molecule is C[C@@H]1CN(C(=O)c2cc([N+](=O)[O-])ccc2N)C[C@H](C)O1. The Morgan fingerprint density at radius 1 is 1.40 bits per heavy atom. The van der Waals surface area contributed by atoms with E-state index in [1.54, 1.807) is 4.90 Å². The fraction of sp³-hybridized carbons (Fsp3) is 0.462. The highest BCUT2D eigenvalue weighted by molar-refractivity contribution is 5.99. The highest BCUT2D eigenvalue weighted by Gasteiger charge is 2.28. The largest absolute Gasteiger partial charge is 0.398 e. The van der Waals surface area contributed by atoms with Gasteiger partial charge in [0.15, 0.2) is 0 Å². The van der Waals surface area contributed by atoms with Gasteiger partial charge >= 0.3 is 0 Å². The summed E-state index contributed by atoms with van der Waals surface area (Å²) in [5.74, 6) is -0.298. The molecule has 1 aliphatic rings. The maximum atomic E-state index is 12.5. The van der Waals surface area contributed by atoms with Crippen LogP contribution in [0.1, 0.15) is 24.2 Å². The van der Waals surface area contributed by atoms with Gasteiger partial charge in [0.2, 0.25) is 0 Å². The third kappa shape index (κ3) is 2.88. The fourth-order valence-electron chi connectivity index (χ4n) is 2.36. The summed E-state index contributed by atoms with van der Waals surface area (Å²) in [6.45, 7) is 4.66. The third-order valence-corrected chi connectivity index (χ3v) is 3.18. The molecule has 1 aromatic rings. The first kappa shape index (κ1) is 14.3. The van der Waals surface area contributed by atoms with E-state index in [1.165, 1.54) is 18.2 Å². The second-order valence-corrected chi connectivity index (χ2v) is 5.00. The van der Waals surface area contributed by atoms with Crippen molar-refractivity contribution in [3.8, 4) is 0 Å². The number of nitrogen functional groups attached to an aromatic ring is 1. The molecule has 0 bridgehead atoms. The number of amides is 1. The predicted molar refractivity (Wildman–Crippen MR) is 73.4 cm³/mol. The van der Waals surface area contributed by atoms with Crippen LogP contribution >= 0.6 is 0 Å². The van der Waals surface area contributed by atoms with Gasteiger partial charge in [0, 0.05) is 30.9 Å². The Morgan fingerprint density at radius 2 is 2.00 bits per heavy atom. The number of ether oxygens (including phenoxy) is 1. The lowest BCUT2D eigenvalue weighted by atomic mass is 10.1. The van der Waals surface area contributed by atoms with E-state index in [9.17, 15) is 14.9 Å². The van der Waals surface area contributed by atoms with Crippen LogP contribution in [-0.2, 0) is 4.74 Å². The van der Waals surface area contributed by atoms with E-state index in [0.717, 1.165) is 0 Å². The Kier molecular flexibility index (Phi) is 3.89. The zero-order valence-electron chi connectivity index (χ0n) is 11.4. The number of anilines is 1. The second kappa shape index (κ2) is 5.46. The van der Waals surface area contributed by atoms with Crippen molar-refractivity contribution in [3.63, 3.8) is 0 Å². The maximum absolute atomic E-state index is 12.5. The lowest BCUT2D eigenvalue weighted by molar-refractivity contribution is -0.384. The van der Waals surface area contributed by atoms with Gasteiger partial charge in [0.25, 0.3) is 11.6 Å². The van der Waals surface area contributed by atoms with Crippen molar-refractivity contribution in [3.05, 3.63) is 33.9 Å². The van der Waals surface area contributed by atoms with E-state index in [0.29, 0.717) is 13.1 Å². The minimum Gasteiger partial charge on any atom is -0.398 e. The van der Waals surface area contributed by atoms with E-state index in [1.807, 2.05) is 13.8 Å². The molecule has 0 aromatic heterocycles. The number of nitro groups is 1. The topological polar surface area (TPSA) is 98.7 Å². The molecule has 0 spiro atoms. The molecule has 7 heteroatoms. The normalized spacial score (nSPS) is 22.6. The first-order valence-corrected chi connectivity index (χ1v) is 6.37. The molecule has 2 N–H and O–H groups in total. The molecule has 0 unspecified atom stereocenters. The molecule has 0 saturated carbocycles. The van der Waals surface area contributed by atoms with Gasteiger partial charge in [-0.2, -0.15) is 0 Å². The van der Waals surface area contributed by atoms with Crippen LogP contribution in [0.3, 0.4) is 0 Å².